The fourth-order valence-electron chi connectivity index (χ4n) is 3.29. The number of aromatic nitrogens is 2. The van der Waals surface area contributed by atoms with Crippen LogP contribution in [0.25, 0.3) is 10.4 Å². The Labute approximate surface area is 181 Å². The highest BCUT2D eigenvalue weighted by Gasteiger charge is 2.26. The fourth-order valence-corrected chi connectivity index (χ4v) is 6.08. The molecular weight excluding hydrogens is 427 g/mol. The Morgan fingerprint density at radius 3 is 2.72 bits per heavy atom. The number of hydrogen-bond acceptors (Lipinski definition) is 7. The second-order valence-electron chi connectivity index (χ2n) is 6.81. The minimum atomic E-state index is -0.187. The van der Waals surface area contributed by atoms with Crippen molar-refractivity contribution < 1.29 is 9.18 Å². The van der Waals surface area contributed by atoms with E-state index in [-0.39, 0.29) is 17.0 Å². The second kappa shape index (κ2) is 9.34. The van der Waals surface area contributed by atoms with Crippen molar-refractivity contribution in [1.29, 1.82) is 0 Å². The summed E-state index contributed by atoms with van der Waals surface area (Å²) < 4.78 is 14.8. The normalized spacial score (nSPS) is 16.1. The van der Waals surface area contributed by atoms with Gasteiger partial charge in [0, 0.05) is 48.0 Å². The zero-order valence-electron chi connectivity index (χ0n) is 16.0. The number of rotatable bonds is 6. The summed E-state index contributed by atoms with van der Waals surface area (Å²) in [6, 6.07) is 10.9. The Hall–Kier alpha value is -1.81. The summed E-state index contributed by atoms with van der Waals surface area (Å²) in [5, 5.41) is 7.66. The molecule has 1 aliphatic rings. The number of benzene rings is 1. The summed E-state index contributed by atoms with van der Waals surface area (Å²) in [6.45, 7) is 5.90. The van der Waals surface area contributed by atoms with Crippen molar-refractivity contribution in [3.05, 3.63) is 52.6 Å². The van der Waals surface area contributed by atoms with Crippen LogP contribution in [0.1, 0.15) is 11.8 Å². The minimum absolute atomic E-state index is 0.155. The van der Waals surface area contributed by atoms with Gasteiger partial charge in [-0.1, -0.05) is 41.3 Å². The molecule has 0 N–H and O–H groups in total. The topological polar surface area (TPSA) is 49.3 Å². The third-order valence-corrected chi connectivity index (χ3v) is 7.83. The molecule has 0 unspecified atom stereocenters. The van der Waals surface area contributed by atoms with Gasteiger partial charge in [-0.3, -0.25) is 9.69 Å². The molecule has 1 atom stereocenters. The van der Waals surface area contributed by atoms with Crippen molar-refractivity contribution in [1.82, 2.24) is 20.0 Å². The van der Waals surface area contributed by atoms with Crippen LogP contribution >= 0.6 is 34.4 Å². The van der Waals surface area contributed by atoms with E-state index in [1.807, 2.05) is 30.0 Å². The number of amides is 1. The van der Waals surface area contributed by atoms with E-state index in [1.54, 1.807) is 22.9 Å². The number of carbonyl (C=O) groups is 1. The maximum Gasteiger partial charge on any atom is 0.235 e. The van der Waals surface area contributed by atoms with Gasteiger partial charge in [0.15, 0.2) is 4.34 Å². The van der Waals surface area contributed by atoms with E-state index in [0.29, 0.717) is 5.56 Å². The summed E-state index contributed by atoms with van der Waals surface area (Å²) in [4.78, 5) is 19.1. The summed E-state index contributed by atoms with van der Waals surface area (Å²) in [5.41, 5.74) is 2.33. The van der Waals surface area contributed by atoms with Gasteiger partial charge >= 0.3 is 0 Å². The molecule has 152 valence electrons. The molecule has 4 rings (SSSR count). The van der Waals surface area contributed by atoms with Crippen LogP contribution in [-0.2, 0) is 11.3 Å². The van der Waals surface area contributed by atoms with Gasteiger partial charge in [-0.15, -0.1) is 21.5 Å². The largest absolute Gasteiger partial charge is 0.339 e. The van der Waals surface area contributed by atoms with E-state index in [0.717, 1.165) is 41.9 Å². The number of thioether (sulfide) groups is 1. The van der Waals surface area contributed by atoms with E-state index < -0.39 is 0 Å². The average molecular weight is 449 g/mol. The van der Waals surface area contributed by atoms with E-state index in [1.165, 1.54) is 34.0 Å². The molecule has 9 heteroatoms. The predicted molar refractivity (Wildman–Crippen MR) is 117 cm³/mol. The van der Waals surface area contributed by atoms with Gasteiger partial charge in [-0.25, -0.2) is 4.39 Å². The highest BCUT2D eigenvalue weighted by Crippen LogP contribution is 2.31. The third kappa shape index (κ3) is 5.03. The Morgan fingerprint density at radius 2 is 2.00 bits per heavy atom. The summed E-state index contributed by atoms with van der Waals surface area (Å²) in [5.74, 6) is -0.0311. The van der Waals surface area contributed by atoms with Gasteiger partial charge in [-0.2, -0.15) is 0 Å². The van der Waals surface area contributed by atoms with Crippen LogP contribution in [0.4, 0.5) is 4.39 Å². The molecule has 0 aliphatic carbocycles. The third-order valence-electron chi connectivity index (χ3n) is 4.83. The molecule has 0 spiro atoms. The number of hydrogen-bond donors (Lipinski definition) is 0. The molecule has 3 aromatic rings. The van der Waals surface area contributed by atoms with E-state index in [4.69, 9.17) is 0 Å². The van der Waals surface area contributed by atoms with E-state index >= 15 is 0 Å². The first-order chi connectivity index (χ1) is 14.1. The van der Waals surface area contributed by atoms with Gasteiger partial charge in [0.05, 0.1) is 5.25 Å². The van der Waals surface area contributed by atoms with Crippen LogP contribution in [0.15, 0.2) is 46.2 Å². The Kier molecular flexibility index (Phi) is 6.59. The molecule has 3 heterocycles. The zero-order chi connectivity index (χ0) is 20.2. The molecule has 1 aliphatic heterocycles. The molecule has 1 amide bonds. The minimum Gasteiger partial charge on any atom is -0.339 e. The number of halogens is 1. The highest BCUT2D eigenvalue weighted by molar-refractivity contribution is 8.02. The standard InChI is InChI=1S/C20H21FN4OS3/c1-14(28-20-23-22-13-27-20)19(26)25-10-8-24(9-11-25)12-15-6-7-18(29-15)16-4-2-3-5-17(16)21/h2-7,13-14H,8-12H2,1H3/t14-/m1/s1. The van der Waals surface area contributed by atoms with Crippen molar-refractivity contribution >= 4 is 40.3 Å². The van der Waals surface area contributed by atoms with Crippen LogP contribution in [0.5, 0.6) is 0 Å². The van der Waals surface area contributed by atoms with Crippen molar-refractivity contribution in [2.75, 3.05) is 26.2 Å². The quantitative estimate of drug-likeness (QED) is 0.528. The predicted octanol–water partition coefficient (Wildman–Crippen LogP) is 4.23. The monoisotopic (exact) mass is 448 g/mol. The maximum atomic E-state index is 14.0. The second-order valence-corrected chi connectivity index (χ2v) is 10.4. The van der Waals surface area contributed by atoms with Crippen LogP contribution in [-0.4, -0.2) is 57.3 Å². The summed E-state index contributed by atoms with van der Waals surface area (Å²) in [6.07, 6.45) is 0. The Balaban J connectivity index is 1.29. The first-order valence-electron chi connectivity index (χ1n) is 9.38. The zero-order valence-corrected chi connectivity index (χ0v) is 18.4. The van der Waals surface area contributed by atoms with Crippen molar-refractivity contribution in [3.63, 3.8) is 0 Å². The lowest BCUT2D eigenvalue weighted by Crippen LogP contribution is -2.50. The van der Waals surface area contributed by atoms with Gasteiger partial charge in [0.25, 0.3) is 0 Å². The van der Waals surface area contributed by atoms with Crippen LogP contribution in [0, 0.1) is 5.82 Å². The molecule has 0 saturated carbocycles. The van der Waals surface area contributed by atoms with Gasteiger partial charge < -0.3 is 4.90 Å². The van der Waals surface area contributed by atoms with Gasteiger partial charge in [-0.05, 0) is 25.1 Å². The fraction of sp³-hybridized carbons (Fsp3) is 0.350. The summed E-state index contributed by atoms with van der Waals surface area (Å²) >= 11 is 4.56. The number of carbonyl (C=O) groups excluding carboxylic acids is 1. The molecule has 1 saturated heterocycles. The maximum absolute atomic E-state index is 14.0. The first kappa shape index (κ1) is 20.5. The Morgan fingerprint density at radius 1 is 1.21 bits per heavy atom. The highest BCUT2D eigenvalue weighted by atomic mass is 32.2. The molecule has 5 nitrogen and oxygen atoms in total. The Bertz CT molecular complexity index is 954. The first-order valence-corrected chi connectivity index (χ1v) is 12.0. The smallest absolute Gasteiger partial charge is 0.235 e. The number of thiophene rings is 1. The lowest BCUT2D eigenvalue weighted by molar-refractivity contribution is -0.132. The van der Waals surface area contributed by atoms with Gasteiger partial charge in [0.2, 0.25) is 5.91 Å². The molecule has 1 fully saturated rings. The lowest BCUT2D eigenvalue weighted by Gasteiger charge is -2.35. The van der Waals surface area contributed by atoms with Crippen molar-refractivity contribution in [2.45, 2.75) is 23.1 Å². The molecule has 0 radical (unpaired) electrons. The van der Waals surface area contributed by atoms with Crippen LogP contribution < -0.4 is 0 Å². The SMILES string of the molecule is C[C@@H](Sc1nncs1)C(=O)N1CCN(Cc2ccc(-c3ccccc3F)s2)CC1. The summed E-state index contributed by atoms with van der Waals surface area (Å²) in [7, 11) is 0. The van der Waals surface area contributed by atoms with Crippen LogP contribution in [0.3, 0.4) is 0 Å². The van der Waals surface area contributed by atoms with Gasteiger partial charge in [0.1, 0.15) is 11.3 Å². The van der Waals surface area contributed by atoms with E-state index in [9.17, 15) is 9.18 Å². The van der Waals surface area contributed by atoms with Crippen LogP contribution in [0.2, 0.25) is 0 Å². The molecule has 1 aromatic carbocycles. The average Bonchev–Trinajstić information content (AvgIpc) is 3.40. The molecular formula is C20H21FN4OS3. The molecule has 2 aromatic heterocycles. The lowest BCUT2D eigenvalue weighted by atomic mass is 10.2. The number of nitrogens with zero attached hydrogens (tertiary/aromatic N) is 4. The molecule has 0 bridgehead atoms. The molecule has 29 heavy (non-hydrogen) atoms. The van der Waals surface area contributed by atoms with E-state index in [2.05, 4.69) is 21.2 Å². The number of piperazine rings is 1. The van der Waals surface area contributed by atoms with Crippen molar-refractivity contribution in [3.8, 4) is 10.4 Å². The van der Waals surface area contributed by atoms with Crippen molar-refractivity contribution in [2.24, 2.45) is 0 Å².